The van der Waals surface area contributed by atoms with Crippen LogP contribution in [0.4, 0.5) is 0 Å². The second kappa shape index (κ2) is 5.77. The fraction of sp³-hybridized carbons (Fsp3) is 0.0741. The van der Waals surface area contributed by atoms with Crippen molar-refractivity contribution in [1.29, 1.82) is 0 Å². The van der Waals surface area contributed by atoms with Gasteiger partial charge in [0.25, 0.3) is 0 Å². The Morgan fingerprint density at radius 1 is 0.714 bits per heavy atom. The number of nitrogens with zero attached hydrogens (tertiary/aromatic N) is 1. The number of fused-ring (bicyclic) bond motifs is 5. The zero-order valence-electron chi connectivity index (χ0n) is 15.5. The Balaban J connectivity index is 1.83. The number of hydrogen-bond donors (Lipinski definition) is 0. The van der Waals surface area contributed by atoms with Gasteiger partial charge in [0.05, 0.1) is 11.1 Å². The highest BCUT2D eigenvalue weighted by molar-refractivity contribution is 5.91. The van der Waals surface area contributed by atoms with Gasteiger partial charge in [-0.2, -0.15) is 0 Å². The molecule has 0 amide bonds. The summed E-state index contributed by atoms with van der Waals surface area (Å²) in [6, 6.07) is 30.5. The van der Waals surface area contributed by atoms with Crippen LogP contribution in [-0.4, -0.2) is 4.98 Å². The maximum Gasteiger partial charge on any atom is 0.0886 e. The third kappa shape index (κ3) is 1.88. The number of hydrogen-bond acceptors (Lipinski definition) is 1. The molecule has 0 saturated carbocycles. The Bertz CT molecular complexity index is 1180. The van der Waals surface area contributed by atoms with Crippen LogP contribution >= 0.6 is 0 Å². The predicted octanol–water partition coefficient (Wildman–Crippen LogP) is 6.01. The molecule has 0 bridgehead atoms. The molecule has 1 heterocycles. The second-order valence-electron chi connectivity index (χ2n) is 7.55. The average molecular weight is 357 g/mol. The zero-order valence-corrected chi connectivity index (χ0v) is 15.5. The molecule has 132 valence electrons. The standard InChI is InChI=1S/C27H19N/c1-3-11-20(12-4-1)27(21-13-5-2-6-14-21)24-17-8-7-15-23(24)25-22-16-9-10-19(22)18-28-26(25)27/h1-9,11-18H,10H2. The van der Waals surface area contributed by atoms with Crippen molar-refractivity contribution < 1.29 is 0 Å². The molecule has 6 rings (SSSR count). The van der Waals surface area contributed by atoms with E-state index in [0.29, 0.717) is 0 Å². The molecule has 0 spiro atoms. The summed E-state index contributed by atoms with van der Waals surface area (Å²) in [5.41, 5.74) is 9.89. The summed E-state index contributed by atoms with van der Waals surface area (Å²) in [5.74, 6) is 0. The Morgan fingerprint density at radius 3 is 2.07 bits per heavy atom. The Hall–Kier alpha value is -3.45. The monoisotopic (exact) mass is 357 g/mol. The van der Waals surface area contributed by atoms with E-state index in [1.165, 1.54) is 38.9 Å². The van der Waals surface area contributed by atoms with E-state index < -0.39 is 0 Å². The van der Waals surface area contributed by atoms with Crippen LogP contribution < -0.4 is 0 Å². The summed E-state index contributed by atoms with van der Waals surface area (Å²) in [6.45, 7) is 0. The summed E-state index contributed by atoms with van der Waals surface area (Å²) in [5, 5.41) is 0. The predicted molar refractivity (Wildman–Crippen MR) is 114 cm³/mol. The first-order valence-electron chi connectivity index (χ1n) is 9.80. The molecular formula is C27H19N. The molecule has 1 aromatic heterocycles. The van der Waals surface area contributed by atoms with Crippen LogP contribution in [0.15, 0.2) is 97.2 Å². The number of benzene rings is 3. The van der Waals surface area contributed by atoms with Gasteiger partial charge in [0.15, 0.2) is 0 Å². The summed E-state index contributed by atoms with van der Waals surface area (Å²) in [7, 11) is 0. The summed E-state index contributed by atoms with van der Waals surface area (Å²) in [6.07, 6.45) is 7.58. The maximum atomic E-state index is 5.11. The molecule has 0 unspecified atom stereocenters. The first kappa shape index (κ1) is 15.6. The smallest absolute Gasteiger partial charge is 0.0886 e. The van der Waals surface area contributed by atoms with Gasteiger partial charge in [-0.15, -0.1) is 0 Å². The summed E-state index contributed by atoms with van der Waals surface area (Å²) < 4.78 is 0. The van der Waals surface area contributed by atoms with Crippen LogP contribution in [0.3, 0.4) is 0 Å². The molecule has 28 heavy (non-hydrogen) atoms. The van der Waals surface area contributed by atoms with Crippen molar-refractivity contribution in [1.82, 2.24) is 4.98 Å². The van der Waals surface area contributed by atoms with Crippen LogP contribution in [-0.2, 0) is 11.8 Å². The SMILES string of the molecule is C1=Cc2c(cnc3c2-c2ccccc2C3(c2ccccc2)c2ccccc2)C1. The van der Waals surface area contributed by atoms with E-state index in [1.54, 1.807) is 0 Å². The number of pyridine rings is 1. The van der Waals surface area contributed by atoms with Crippen molar-refractivity contribution in [3.05, 3.63) is 131 Å². The number of allylic oxidation sites excluding steroid dienone is 1. The highest BCUT2D eigenvalue weighted by atomic mass is 14.7. The lowest BCUT2D eigenvalue weighted by molar-refractivity contribution is 0.737. The lowest BCUT2D eigenvalue weighted by Gasteiger charge is -2.32. The molecule has 3 aromatic carbocycles. The van der Waals surface area contributed by atoms with Crippen molar-refractivity contribution in [3.8, 4) is 11.1 Å². The van der Waals surface area contributed by atoms with E-state index in [-0.39, 0.29) is 5.41 Å². The van der Waals surface area contributed by atoms with Crippen LogP contribution in [0.1, 0.15) is 33.5 Å². The minimum absolute atomic E-state index is 0.389. The normalized spacial score (nSPS) is 15.1. The van der Waals surface area contributed by atoms with Gasteiger partial charge in [-0.05, 0) is 39.8 Å². The van der Waals surface area contributed by atoms with E-state index in [4.69, 9.17) is 4.98 Å². The first-order chi connectivity index (χ1) is 13.9. The lowest BCUT2D eigenvalue weighted by atomic mass is 9.69. The van der Waals surface area contributed by atoms with E-state index >= 15 is 0 Å². The molecule has 0 aliphatic heterocycles. The fourth-order valence-electron chi connectivity index (χ4n) is 5.06. The van der Waals surface area contributed by atoms with E-state index in [2.05, 4.69) is 103 Å². The molecule has 0 saturated heterocycles. The van der Waals surface area contributed by atoms with E-state index in [0.717, 1.165) is 12.1 Å². The lowest BCUT2D eigenvalue weighted by Crippen LogP contribution is -2.29. The van der Waals surface area contributed by atoms with Gasteiger partial charge in [0.1, 0.15) is 0 Å². The molecule has 1 heteroatoms. The Morgan fingerprint density at radius 2 is 1.36 bits per heavy atom. The zero-order chi connectivity index (χ0) is 18.6. The van der Waals surface area contributed by atoms with Gasteiger partial charge in [-0.3, -0.25) is 4.98 Å². The molecular weight excluding hydrogens is 338 g/mol. The van der Waals surface area contributed by atoms with Gasteiger partial charge in [0, 0.05) is 11.8 Å². The number of aromatic nitrogens is 1. The summed E-state index contributed by atoms with van der Waals surface area (Å²) in [4.78, 5) is 5.11. The summed E-state index contributed by atoms with van der Waals surface area (Å²) >= 11 is 0. The second-order valence-corrected chi connectivity index (χ2v) is 7.55. The Labute approximate surface area is 165 Å². The first-order valence-corrected chi connectivity index (χ1v) is 9.80. The largest absolute Gasteiger partial charge is 0.259 e. The molecule has 0 atom stereocenters. The van der Waals surface area contributed by atoms with Crippen molar-refractivity contribution in [2.75, 3.05) is 0 Å². The number of rotatable bonds is 2. The quantitative estimate of drug-likeness (QED) is 0.377. The van der Waals surface area contributed by atoms with Crippen LogP contribution in [0.2, 0.25) is 0 Å². The molecule has 0 radical (unpaired) electrons. The minimum Gasteiger partial charge on any atom is -0.259 e. The van der Waals surface area contributed by atoms with Gasteiger partial charge >= 0.3 is 0 Å². The van der Waals surface area contributed by atoms with Gasteiger partial charge < -0.3 is 0 Å². The molecule has 0 fully saturated rings. The third-order valence-corrected chi connectivity index (χ3v) is 6.19. The van der Waals surface area contributed by atoms with Crippen molar-refractivity contribution >= 4 is 6.08 Å². The highest BCUT2D eigenvalue weighted by Crippen LogP contribution is 2.56. The van der Waals surface area contributed by atoms with Gasteiger partial charge in [-0.25, -0.2) is 0 Å². The molecule has 4 aromatic rings. The van der Waals surface area contributed by atoms with E-state index in [9.17, 15) is 0 Å². The van der Waals surface area contributed by atoms with Crippen LogP contribution in [0.5, 0.6) is 0 Å². The highest BCUT2D eigenvalue weighted by Gasteiger charge is 2.48. The fourth-order valence-corrected chi connectivity index (χ4v) is 5.06. The minimum atomic E-state index is -0.389. The van der Waals surface area contributed by atoms with Crippen LogP contribution in [0.25, 0.3) is 17.2 Å². The molecule has 1 nitrogen and oxygen atoms in total. The van der Waals surface area contributed by atoms with Crippen molar-refractivity contribution in [2.24, 2.45) is 0 Å². The average Bonchev–Trinajstić information content (AvgIpc) is 3.36. The van der Waals surface area contributed by atoms with Gasteiger partial charge in [0.2, 0.25) is 0 Å². The topological polar surface area (TPSA) is 12.9 Å². The molecule has 2 aliphatic carbocycles. The Kier molecular flexibility index (Phi) is 3.21. The van der Waals surface area contributed by atoms with E-state index in [1.807, 2.05) is 0 Å². The van der Waals surface area contributed by atoms with Crippen molar-refractivity contribution in [3.63, 3.8) is 0 Å². The van der Waals surface area contributed by atoms with Crippen molar-refractivity contribution in [2.45, 2.75) is 11.8 Å². The maximum absolute atomic E-state index is 5.11. The molecule has 2 aliphatic rings. The molecule has 0 N–H and O–H groups in total. The third-order valence-electron chi connectivity index (χ3n) is 6.19. The van der Waals surface area contributed by atoms with Gasteiger partial charge in [-0.1, -0.05) is 97.1 Å². The van der Waals surface area contributed by atoms with Crippen LogP contribution in [0, 0.1) is 0 Å².